The van der Waals surface area contributed by atoms with Gasteiger partial charge in [-0.1, -0.05) is 18.5 Å². The van der Waals surface area contributed by atoms with Crippen LogP contribution >= 0.6 is 22.9 Å². The van der Waals surface area contributed by atoms with Gasteiger partial charge in [-0.3, -0.25) is 4.79 Å². The van der Waals surface area contributed by atoms with Crippen LogP contribution in [0.15, 0.2) is 29.6 Å². The van der Waals surface area contributed by atoms with Crippen molar-refractivity contribution in [1.82, 2.24) is 0 Å². The SMILES string of the molecule is CCc1ccsc1C(=O)Nc1ccc(C(=O)O)cc1Cl. The molecule has 20 heavy (non-hydrogen) atoms. The standard InChI is InChI=1S/C14H12ClNO3S/c1-2-8-5-6-20-12(8)13(17)16-11-4-3-9(14(18)19)7-10(11)15/h3-7H,2H2,1H3,(H,16,17)(H,18,19). The monoisotopic (exact) mass is 309 g/mol. The summed E-state index contributed by atoms with van der Waals surface area (Å²) in [7, 11) is 0. The van der Waals surface area contributed by atoms with Crippen LogP contribution in [0.25, 0.3) is 0 Å². The molecule has 2 aromatic rings. The number of nitrogens with one attached hydrogen (secondary N) is 1. The summed E-state index contributed by atoms with van der Waals surface area (Å²) in [6, 6.07) is 6.12. The number of halogens is 1. The number of aryl methyl sites for hydroxylation is 1. The Bertz CT molecular complexity index is 666. The van der Waals surface area contributed by atoms with Crippen molar-refractivity contribution in [3.63, 3.8) is 0 Å². The molecule has 6 heteroatoms. The average molecular weight is 310 g/mol. The Morgan fingerprint density at radius 3 is 2.70 bits per heavy atom. The molecule has 1 aromatic heterocycles. The van der Waals surface area contributed by atoms with Crippen LogP contribution in [0.2, 0.25) is 5.02 Å². The molecule has 0 saturated heterocycles. The van der Waals surface area contributed by atoms with Crippen LogP contribution in [0.4, 0.5) is 5.69 Å². The molecule has 2 N–H and O–H groups in total. The quantitative estimate of drug-likeness (QED) is 0.899. The minimum absolute atomic E-state index is 0.0818. The van der Waals surface area contributed by atoms with Gasteiger partial charge in [-0.25, -0.2) is 4.79 Å². The lowest BCUT2D eigenvalue weighted by Crippen LogP contribution is -2.12. The number of thiophene rings is 1. The van der Waals surface area contributed by atoms with Gasteiger partial charge in [-0.05, 0) is 41.6 Å². The number of carbonyl (C=O) groups is 2. The zero-order valence-electron chi connectivity index (χ0n) is 10.6. The Morgan fingerprint density at radius 2 is 2.10 bits per heavy atom. The minimum atomic E-state index is -1.06. The molecule has 0 aliphatic heterocycles. The first kappa shape index (κ1) is 14.6. The van der Waals surface area contributed by atoms with E-state index in [2.05, 4.69) is 5.32 Å². The van der Waals surface area contributed by atoms with Gasteiger partial charge in [0.05, 0.1) is 21.2 Å². The van der Waals surface area contributed by atoms with Gasteiger partial charge in [0.15, 0.2) is 0 Å². The number of aromatic carboxylic acids is 1. The number of carboxylic acids is 1. The van der Waals surface area contributed by atoms with Crippen molar-refractivity contribution in [2.75, 3.05) is 5.32 Å². The number of carboxylic acid groups (broad SMARTS) is 1. The molecule has 1 heterocycles. The first-order valence-electron chi connectivity index (χ1n) is 5.93. The van der Waals surface area contributed by atoms with E-state index < -0.39 is 5.97 Å². The molecule has 0 aliphatic rings. The summed E-state index contributed by atoms with van der Waals surface area (Å²) >= 11 is 7.34. The second kappa shape index (κ2) is 6.07. The van der Waals surface area contributed by atoms with E-state index in [1.165, 1.54) is 29.5 Å². The van der Waals surface area contributed by atoms with Crippen molar-refractivity contribution >= 4 is 40.5 Å². The second-order valence-corrected chi connectivity index (χ2v) is 5.41. The smallest absolute Gasteiger partial charge is 0.335 e. The number of amides is 1. The third-order valence-corrected chi connectivity index (χ3v) is 4.07. The molecule has 0 unspecified atom stereocenters. The van der Waals surface area contributed by atoms with Gasteiger partial charge in [0, 0.05) is 0 Å². The van der Waals surface area contributed by atoms with E-state index in [-0.39, 0.29) is 16.5 Å². The summed E-state index contributed by atoms with van der Waals surface area (Å²) in [6.45, 7) is 1.98. The summed E-state index contributed by atoms with van der Waals surface area (Å²) in [5.41, 5.74) is 1.46. The minimum Gasteiger partial charge on any atom is -0.478 e. The van der Waals surface area contributed by atoms with E-state index >= 15 is 0 Å². The second-order valence-electron chi connectivity index (χ2n) is 4.08. The van der Waals surface area contributed by atoms with Crippen LogP contribution in [-0.4, -0.2) is 17.0 Å². The van der Waals surface area contributed by atoms with E-state index in [1.54, 1.807) is 0 Å². The van der Waals surface area contributed by atoms with Crippen molar-refractivity contribution < 1.29 is 14.7 Å². The molecule has 104 valence electrons. The largest absolute Gasteiger partial charge is 0.478 e. The van der Waals surface area contributed by atoms with E-state index in [0.29, 0.717) is 10.6 Å². The number of hydrogen-bond donors (Lipinski definition) is 2. The molecular weight excluding hydrogens is 298 g/mol. The van der Waals surface area contributed by atoms with Crippen LogP contribution in [-0.2, 0) is 6.42 Å². The molecule has 0 aliphatic carbocycles. The van der Waals surface area contributed by atoms with E-state index in [4.69, 9.17) is 16.7 Å². The summed E-state index contributed by atoms with van der Waals surface area (Å²) in [4.78, 5) is 23.6. The number of benzene rings is 1. The Hall–Kier alpha value is -1.85. The molecule has 0 saturated carbocycles. The van der Waals surface area contributed by atoms with Crippen molar-refractivity contribution in [3.05, 3.63) is 50.7 Å². The highest BCUT2D eigenvalue weighted by atomic mass is 35.5. The summed E-state index contributed by atoms with van der Waals surface area (Å²) in [6.07, 6.45) is 0.776. The predicted molar refractivity (Wildman–Crippen MR) is 80.1 cm³/mol. The summed E-state index contributed by atoms with van der Waals surface area (Å²) in [5.74, 6) is -1.29. The maximum Gasteiger partial charge on any atom is 0.335 e. The van der Waals surface area contributed by atoms with E-state index in [0.717, 1.165) is 12.0 Å². The Balaban J connectivity index is 2.22. The topological polar surface area (TPSA) is 66.4 Å². The maximum atomic E-state index is 12.2. The molecule has 0 radical (unpaired) electrons. The van der Waals surface area contributed by atoms with E-state index in [1.807, 2.05) is 18.4 Å². The van der Waals surface area contributed by atoms with Crippen molar-refractivity contribution in [2.45, 2.75) is 13.3 Å². The zero-order valence-corrected chi connectivity index (χ0v) is 12.2. The zero-order chi connectivity index (χ0) is 14.7. The number of hydrogen-bond acceptors (Lipinski definition) is 3. The van der Waals surface area contributed by atoms with Gasteiger partial charge in [0.2, 0.25) is 0 Å². The maximum absolute atomic E-state index is 12.2. The Kier molecular flexibility index (Phi) is 4.42. The first-order valence-corrected chi connectivity index (χ1v) is 7.19. The van der Waals surface area contributed by atoms with Gasteiger partial charge >= 0.3 is 5.97 Å². The molecule has 0 bridgehead atoms. The molecule has 1 aromatic carbocycles. The Labute approximate surface area is 125 Å². The first-order chi connectivity index (χ1) is 9.52. The molecule has 2 rings (SSSR count). The molecule has 0 spiro atoms. The highest BCUT2D eigenvalue weighted by molar-refractivity contribution is 7.12. The van der Waals surface area contributed by atoms with Gasteiger partial charge in [0.25, 0.3) is 5.91 Å². The van der Waals surface area contributed by atoms with Crippen molar-refractivity contribution in [3.8, 4) is 0 Å². The van der Waals surface area contributed by atoms with Gasteiger partial charge in [0.1, 0.15) is 0 Å². The predicted octanol–water partition coefficient (Wildman–Crippen LogP) is 3.91. The van der Waals surface area contributed by atoms with Crippen LogP contribution in [0, 0.1) is 0 Å². The molecular formula is C14H12ClNO3S. The summed E-state index contributed by atoms with van der Waals surface area (Å²) < 4.78 is 0. The summed E-state index contributed by atoms with van der Waals surface area (Å²) in [5, 5.41) is 13.6. The molecule has 0 fully saturated rings. The van der Waals surface area contributed by atoms with Crippen LogP contribution in [0.5, 0.6) is 0 Å². The Morgan fingerprint density at radius 1 is 1.35 bits per heavy atom. The average Bonchev–Trinajstić information content (AvgIpc) is 2.89. The van der Waals surface area contributed by atoms with Gasteiger partial charge in [-0.15, -0.1) is 11.3 Å². The molecule has 1 amide bonds. The highest BCUT2D eigenvalue weighted by Gasteiger charge is 2.14. The fraction of sp³-hybridized carbons (Fsp3) is 0.143. The molecule has 0 atom stereocenters. The lowest BCUT2D eigenvalue weighted by Gasteiger charge is -2.08. The fourth-order valence-electron chi connectivity index (χ4n) is 1.74. The number of rotatable bonds is 4. The lowest BCUT2D eigenvalue weighted by atomic mass is 10.2. The highest BCUT2D eigenvalue weighted by Crippen LogP contribution is 2.25. The number of carbonyl (C=O) groups excluding carboxylic acids is 1. The van der Waals surface area contributed by atoms with Crippen molar-refractivity contribution in [1.29, 1.82) is 0 Å². The van der Waals surface area contributed by atoms with Gasteiger partial charge in [-0.2, -0.15) is 0 Å². The third kappa shape index (κ3) is 3.00. The normalized spacial score (nSPS) is 10.3. The van der Waals surface area contributed by atoms with Crippen LogP contribution in [0.1, 0.15) is 32.5 Å². The number of anilines is 1. The molecule has 4 nitrogen and oxygen atoms in total. The lowest BCUT2D eigenvalue weighted by molar-refractivity contribution is 0.0696. The van der Waals surface area contributed by atoms with Gasteiger partial charge < -0.3 is 10.4 Å². The van der Waals surface area contributed by atoms with Crippen LogP contribution in [0.3, 0.4) is 0 Å². The van der Waals surface area contributed by atoms with Crippen molar-refractivity contribution in [2.24, 2.45) is 0 Å². The van der Waals surface area contributed by atoms with Crippen LogP contribution < -0.4 is 5.32 Å². The fourth-order valence-corrected chi connectivity index (χ4v) is 2.86. The van der Waals surface area contributed by atoms with E-state index in [9.17, 15) is 9.59 Å². The third-order valence-electron chi connectivity index (χ3n) is 2.80.